The summed E-state index contributed by atoms with van der Waals surface area (Å²) in [5.74, 6) is 0.664. The van der Waals surface area contributed by atoms with Gasteiger partial charge in [-0.25, -0.2) is 10.9 Å². The van der Waals surface area contributed by atoms with Crippen molar-refractivity contribution in [3.8, 4) is 5.75 Å². The van der Waals surface area contributed by atoms with Crippen LogP contribution in [-0.2, 0) is 4.79 Å². The van der Waals surface area contributed by atoms with Gasteiger partial charge < -0.3 is 20.1 Å². The highest BCUT2D eigenvalue weighted by molar-refractivity contribution is 6.30. The number of hydrogen-bond donors (Lipinski definition) is 4. The fraction of sp³-hybridized carbons (Fsp3) is 0.417. The van der Waals surface area contributed by atoms with Crippen LogP contribution in [0.4, 0.5) is 5.69 Å². The molecule has 8 nitrogen and oxygen atoms in total. The Morgan fingerprint density at radius 3 is 2.76 bits per heavy atom. The molecule has 33 heavy (non-hydrogen) atoms. The lowest BCUT2D eigenvalue weighted by molar-refractivity contribution is -0.121. The maximum atomic E-state index is 12.6. The molecular weight excluding hydrogens is 442 g/mol. The van der Waals surface area contributed by atoms with E-state index in [9.17, 15) is 4.79 Å². The lowest BCUT2D eigenvalue weighted by Gasteiger charge is -2.31. The average Bonchev–Trinajstić information content (AvgIpc) is 3.12. The fourth-order valence-electron chi connectivity index (χ4n) is 4.26. The average molecular weight is 472 g/mol. The van der Waals surface area contributed by atoms with E-state index in [2.05, 4.69) is 28.0 Å². The highest BCUT2D eigenvalue weighted by Crippen LogP contribution is 2.36. The van der Waals surface area contributed by atoms with Crippen LogP contribution in [0.15, 0.2) is 47.5 Å². The Morgan fingerprint density at radius 1 is 1.24 bits per heavy atom. The monoisotopic (exact) mass is 471 g/mol. The van der Waals surface area contributed by atoms with Crippen molar-refractivity contribution in [3.63, 3.8) is 0 Å². The van der Waals surface area contributed by atoms with Crippen molar-refractivity contribution in [2.24, 2.45) is 4.99 Å². The van der Waals surface area contributed by atoms with E-state index in [0.717, 1.165) is 22.5 Å². The summed E-state index contributed by atoms with van der Waals surface area (Å²) in [6.45, 7) is 5.05. The maximum absolute atomic E-state index is 12.6. The lowest BCUT2D eigenvalue weighted by atomic mass is 9.99. The molecule has 0 saturated carbocycles. The number of halogens is 1. The Bertz CT molecular complexity index is 1010. The molecule has 0 spiro atoms. The molecule has 2 heterocycles. The maximum Gasteiger partial charge on any atom is 0.222 e. The topological polar surface area (TPSA) is 98.2 Å². The molecule has 0 aliphatic carbocycles. The van der Waals surface area contributed by atoms with Crippen LogP contribution in [-0.4, -0.2) is 54.9 Å². The van der Waals surface area contributed by atoms with Gasteiger partial charge in [0.15, 0.2) is 0 Å². The Morgan fingerprint density at radius 2 is 2.03 bits per heavy atom. The Balaban J connectivity index is 1.82. The normalized spacial score (nSPS) is 21.6. The minimum absolute atomic E-state index is 0.00795. The highest BCUT2D eigenvalue weighted by Gasteiger charge is 2.40. The first-order valence-corrected chi connectivity index (χ1v) is 11.7. The van der Waals surface area contributed by atoms with Gasteiger partial charge in [0.1, 0.15) is 11.9 Å². The first kappa shape index (κ1) is 23.5. The number of benzene rings is 2. The van der Waals surface area contributed by atoms with Crippen molar-refractivity contribution in [2.45, 2.75) is 45.1 Å². The number of aliphatic hydroxyl groups excluding tert-OH is 1. The largest absolute Gasteiger partial charge is 0.493 e. The molecular formula is C24H30ClN5O3. The molecule has 0 radical (unpaired) electrons. The second kappa shape index (κ2) is 10.5. The Labute approximate surface area is 199 Å². The molecule has 176 valence electrons. The summed E-state index contributed by atoms with van der Waals surface area (Å²) in [6.07, 6.45) is 0.600. The number of aliphatic imine (C=N–C) groups is 1. The number of nitrogens with zero attached hydrogens (tertiary/aromatic N) is 2. The van der Waals surface area contributed by atoms with E-state index in [4.69, 9.17) is 26.4 Å². The van der Waals surface area contributed by atoms with E-state index in [1.807, 2.05) is 49.4 Å². The number of carbonyl (C=O) groups excluding carboxylic acids is 1. The Hall–Kier alpha value is -2.65. The van der Waals surface area contributed by atoms with E-state index >= 15 is 0 Å². The highest BCUT2D eigenvalue weighted by atomic mass is 35.5. The van der Waals surface area contributed by atoms with E-state index in [1.54, 1.807) is 0 Å². The number of anilines is 1. The number of hydrazine groups is 1. The van der Waals surface area contributed by atoms with Gasteiger partial charge in [-0.15, -0.1) is 0 Å². The van der Waals surface area contributed by atoms with Gasteiger partial charge in [0.25, 0.3) is 0 Å². The predicted octanol–water partition coefficient (Wildman–Crippen LogP) is 2.43. The second-order valence-corrected chi connectivity index (χ2v) is 8.57. The van der Waals surface area contributed by atoms with Gasteiger partial charge in [-0.2, -0.15) is 0 Å². The molecule has 2 unspecified atom stereocenters. The van der Waals surface area contributed by atoms with E-state index in [-0.39, 0.29) is 37.3 Å². The summed E-state index contributed by atoms with van der Waals surface area (Å²) in [6, 6.07) is 13.2. The quantitative estimate of drug-likeness (QED) is 0.441. The fourth-order valence-corrected chi connectivity index (χ4v) is 4.39. The smallest absolute Gasteiger partial charge is 0.222 e. The predicted molar refractivity (Wildman–Crippen MR) is 130 cm³/mol. The number of carbonyl (C=O) groups is 1. The van der Waals surface area contributed by atoms with E-state index in [0.29, 0.717) is 30.3 Å². The standard InChI is InChI=1S/C24H30ClN5O3/c1-3-26-22(32)14-20-24-29-28-15(2)30(24)21-10-9-18(33-12-4-11-31)13-19(21)23(27-20)16-5-7-17(25)8-6-16/h5-10,13,15,20,24,28-29,31H,3-4,11-12,14H2,1-2H3,(H,26,32)/t15?,20-,24?/m0/s1. The van der Waals surface area contributed by atoms with Gasteiger partial charge in [0.2, 0.25) is 5.91 Å². The van der Waals surface area contributed by atoms with Crippen molar-refractivity contribution in [1.82, 2.24) is 16.2 Å². The molecule has 1 saturated heterocycles. The number of hydrogen-bond acceptors (Lipinski definition) is 7. The first-order valence-electron chi connectivity index (χ1n) is 11.3. The molecule has 1 fully saturated rings. The van der Waals surface area contributed by atoms with Crippen LogP contribution in [0.5, 0.6) is 5.75 Å². The zero-order valence-corrected chi connectivity index (χ0v) is 19.6. The number of amides is 1. The molecule has 3 atom stereocenters. The van der Waals surface area contributed by atoms with Crippen LogP contribution >= 0.6 is 11.6 Å². The van der Waals surface area contributed by atoms with Crippen molar-refractivity contribution < 1.29 is 14.6 Å². The molecule has 2 aromatic carbocycles. The summed E-state index contributed by atoms with van der Waals surface area (Å²) in [4.78, 5) is 19.9. The third-order valence-corrected chi connectivity index (χ3v) is 6.03. The number of rotatable bonds is 8. The van der Waals surface area contributed by atoms with Crippen LogP contribution in [0, 0.1) is 0 Å². The van der Waals surface area contributed by atoms with Gasteiger partial charge in [-0.3, -0.25) is 9.79 Å². The minimum atomic E-state index is -0.328. The van der Waals surface area contributed by atoms with Crippen LogP contribution in [0.3, 0.4) is 0 Å². The van der Waals surface area contributed by atoms with Crippen LogP contribution < -0.4 is 25.8 Å². The first-order chi connectivity index (χ1) is 16.0. The third kappa shape index (κ3) is 5.14. The van der Waals surface area contributed by atoms with Crippen molar-refractivity contribution in [2.75, 3.05) is 24.7 Å². The van der Waals surface area contributed by atoms with Crippen LogP contribution in [0.1, 0.15) is 37.8 Å². The molecule has 4 rings (SSSR count). The molecule has 2 aliphatic heterocycles. The van der Waals surface area contributed by atoms with Gasteiger partial charge in [0, 0.05) is 41.4 Å². The molecule has 0 bridgehead atoms. The number of nitrogens with one attached hydrogen (secondary N) is 3. The molecule has 9 heteroatoms. The van der Waals surface area contributed by atoms with Crippen molar-refractivity contribution in [1.29, 1.82) is 0 Å². The summed E-state index contributed by atoms with van der Waals surface area (Å²) in [5.41, 5.74) is 10.2. The van der Waals surface area contributed by atoms with Gasteiger partial charge >= 0.3 is 0 Å². The summed E-state index contributed by atoms with van der Waals surface area (Å²) < 4.78 is 5.87. The third-order valence-electron chi connectivity index (χ3n) is 5.78. The van der Waals surface area contributed by atoms with Gasteiger partial charge in [0.05, 0.1) is 30.9 Å². The van der Waals surface area contributed by atoms with Gasteiger partial charge in [-0.05, 0) is 44.2 Å². The van der Waals surface area contributed by atoms with Crippen LogP contribution in [0.2, 0.25) is 5.02 Å². The van der Waals surface area contributed by atoms with Gasteiger partial charge in [-0.1, -0.05) is 23.7 Å². The minimum Gasteiger partial charge on any atom is -0.493 e. The molecule has 1 amide bonds. The second-order valence-electron chi connectivity index (χ2n) is 8.13. The van der Waals surface area contributed by atoms with Crippen LogP contribution in [0.25, 0.3) is 0 Å². The molecule has 2 aliphatic rings. The zero-order chi connectivity index (χ0) is 23.4. The molecule has 0 aromatic heterocycles. The SMILES string of the molecule is CCNC(=O)C[C@@H]1N=C(c2ccc(Cl)cc2)c2cc(OCCCO)ccc2N2C(C)NNC12. The number of fused-ring (bicyclic) bond motifs is 3. The van der Waals surface area contributed by atoms with E-state index < -0.39 is 0 Å². The van der Waals surface area contributed by atoms with E-state index in [1.165, 1.54) is 0 Å². The molecule has 4 N–H and O–H groups in total. The lowest BCUT2D eigenvalue weighted by Crippen LogP contribution is -2.47. The summed E-state index contributed by atoms with van der Waals surface area (Å²) in [5, 5.41) is 12.6. The number of aliphatic hydroxyl groups is 1. The number of ether oxygens (including phenoxy) is 1. The zero-order valence-electron chi connectivity index (χ0n) is 18.8. The molecule has 2 aromatic rings. The van der Waals surface area contributed by atoms with Crippen molar-refractivity contribution in [3.05, 3.63) is 58.6 Å². The summed E-state index contributed by atoms with van der Waals surface area (Å²) in [7, 11) is 0. The van der Waals surface area contributed by atoms with Crippen molar-refractivity contribution >= 4 is 28.9 Å². The Kier molecular flexibility index (Phi) is 7.49. The summed E-state index contributed by atoms with van der Waals surface area (Å²) >= 11 is 6.15.